The van der Waals surface area contributed by atoms with E-state index < -0.39 is 18.0 Å². The Labute approximate surface area is 122 Å². The van der Waals surface area contributed by atoms with Crippen molar-refractivity contribution in [2.24, 2.45) is 0 Å². The second-order valence-electron chi connectivity index (χ2n) is 4.97. The molecule has 2 amide bonds. The molecule has 1 aromatic rings. The fourth-order valence-electron chi connectivity index (χ4n) is 2.44. The smallest absolute Gasteiger partial charge is 0.306 e. The number of ether oxygens (including phenoxy) is 1. The lowest BCUT2D eigenvalue weighted by molar-refractivity contribution is -0.145. The van der Waals surface area contributed by atoms with Gasteiger partial charge in [-0.25, -0.2) is 0 Å². The summed E-state index contributed by atoms with van der Waals surface area (Å²) in [4.78, 5) is 36.2. The van der Waals surface area contributed by atoms with Crippen molar-refractivity contribution in [1.29, 1.82) is 0 Å². The molecule has 1 aromatic carbocycles. The number of rotatable bonds is 6. The van der Waals surface area contributed by atoms with E-state index in [2.05, 4.69) is 0 Å². The average molecular weight is 291 g/mol. The fraction of sp³-hybridized carbons (Fsp3) is 0.400. The Morgan fingerprint density at radius 2 is 2.05 bits per heavy atom. The first-order valence-corrected chi connectivity index (χ1v) is 6.66. The van der Waals surface area contributed by atoms with Crippen molar-refractivity contribution >= 4 is 17.8 Å². The number of methoxy groups -OCH3 is 1. The fourth-order valence-corrected chi connectivity index (χ4v) is 2.44. The van der Waals surface area contributed by atoms with E-state index in [-0.39, 0.29) is 31.2 Å². The predicted molar refractivity (Wildman–Crippen MR) is 73.6 cm³/mol. The van der Waals surface area contributed by atoms with Crippen molar-refractivity contribution in [3.63, 3.8) is 0 Å². The lowest BCUT2D eigenvalue weighted by Gasteiger charge is -2.20. The molecule has 0 spiro atoms. The minimum Gasteiger partial charge on any atom is -0.481 e. The number of aliphatic carboxylic acids is 1. The zero-order chi connectivity index (χ0) is 15.4. The van der Waals surface area contributed by atoms with Crippen molar-refractivity contribution < 1.29 is 24.2 Å². The predicted octanol–water partition coefficient (Wildman–Crippen LogP) is 1.02. The summed E-state index contributed by atoms with van der Waals surface area (Å²) in [5.74, 6) is -2.10. The van der Waals surface area contributed by atoms with E-state index in [1.165, 1.54) is 7.11 Å². The van der Waals surface area contributed by atoms with Crippen LogP contribution in [0.25, 0.3) is 0 Å². The van der Waals surface area contributed by atoms with E-state index >= 15 is 0 Å². The number of imide groups is 1. The largest absolute Gasteiger partial charge is 0.481 e. The van der Waals surface area contributed by atoms with Gasteiger partial charge in [-0.1, -0.05) is 30.3 Å². The van der Waals surface area contributed by atoms with E-state index in [4.69, 9.17) is 9.84 Å². The Bertz CT molecular complexity index is 542. The molecule has 1 saturated heterocycles. The van der Waals surface area contributed by atoms with Crippen LogP contribution < -0.4 is 0 Å². The maximum absolute atomic E-state index is 12.4. The topological polar surface area (TPSA) is 83.9 Å². The van der Waals surface area contributed by atoms with Crippen LogP contribution in [0.4, 0.5) is 0 Å². The number of hydrogen-bond donors (Lipinski definition) is 1. The van der Waals surface area contributed by atoms with Gasteiger partial charge in [0.2, 0.25) is 11.8 Å². The van der Waals surface area contributed by atoms with Gasteiger partial charge in [-0.2, -0.15) is 0 Å². The molecule has 6 nitrogen and oxygen atoms in total. The molecule has 2 unspecified atom stereocenters. The Morgan fingerprint density at radius 1 is 1.38 bits per heavy atom. The number of nitrogens with zero attached hydrogens (tertiary/aromatic N) is 1. The first-order valence-electron chi connectivity index (χ1n) is 6.66. The van der Waals surface area contributed by atoms with Gasteiger partial charge in [-0.3, -0.25) is 19.3 Å². The van der Waals surface area contributed by atoms with Crippen LogP contribution in [0.3, 0.4) is 0 Å². The third-order valence-corrected chi connectivity index (χ3v) is 3.57. The minimum absolute atomic E-state index is 0.0240. The van der Waals surface area contributed by atoms with Crippen LogP contribution in [-0.2, 0) is 19.1 Å². The molecule has 2 atom stereocenters. The van der Waals surface area contributed by atoms with Crippen LogP contribution in [0.2, 0.25) is 0 Å². The summed E-state index contributed by atoms with van der Waals surface area (Å²) in [5.41, 5.74) is 0.797. The second kappa shape index (κ2) is 6.49. The van der Waals surface area contributed by atoms with Gasteiger partial charge in [0, 0.05) is 13.5 Å². The summed E-state index contributed by atoms with van der Waals surface area (Å²) < 4.78 is 5.03. The van der Waals surface area contributed by atoms with Crippen LogP contribution >= 0.6 is 0 Å². The maximum Gasteiger partial charge on any atom is 0.306 e. The standard InChI is InChI=1S/C15H17NO5/c1-21-11(7-14(18)19)9-16-13(17)8-12(15(16)20)10-5-3-2-4-6-10/h2-6,11-12H,7-9H2,1H3,(H,18,19). The molecule has 0 aliphatic carbocycles. The summed E-state index contributed by atoms with van der Waals surface area (Å²) in [7, 11) is 1.37. The molecule has 1 aliphatic rings. The quantitative estimate of drug-likeness (QED) is 0.791. The highest BCUT2D eigenvalue weighted by Gasteiger charge is 2.40. The molecule has 0 radical (unpaired) electrons. The van der Waals surface area contributed by atoms with Crippen molar-refractivity contribution in [1.82, 2.24) is 4.90 Å². The van der Waals surface area contributed by atoms with Crippen LogP contribution in [-0.4, -0.2) is 47.5 Å². The number of benzene rings is 1. The zero-order valence-electron chi connectivity index (χ0n) is 11.7. The number of likely N-dealkylation sites (tertiary alicyclic amines) is 1. The van der Waals surface area contributed by atoms with Gasteiger partial charge < -0.3 is 9.84 Å². The first-order chi connectivity index (χ1) is 10.0. The average Bonchev–Trinajstić information content (AvgIpc) is 2.75. The molecule has 0 aromatic heterocycles. The molecule has 6 heteroatoms. The summed E-state index contributed by atoms with van der Waals surface area (Å²) in [6.07, 6.45) is -0.819. The van der Waals surface area contributed by atoms with Crippen molar-refractivity contribution in [3.05, 3.63) is 35.9 Å². The zero-order valence-corrected chi connectivity index (χ0v) is 11.7. The summed E-state index contributed by atoms with van der Waals surface area (Å²) in [5, 5.41) is 8.78. The van der Waals surface area contributed by atoms with E-state index in [1.54, 1.807) is 0 Å². The third-order valence-electron chi connectivity index (χ3n) is 3.57. The van der Waals surface area contributed by atoms with Crippen LogP contribution in [0.5, 0.6) is 0 Å². The van der Waals surface area contributed by atoms with E-state index in [0.717, 1.165) is 10.5 Å². The normalized spacial score (nSPS) is 19.9. The lowest BCUT2D eigenvalue weighted by atomic mass is 9.98. The minimum atomic E-state index is -1.03. The van der Waals surface area contributed by atoms with Gasteiger partial charge in [0.05, 0.1) is 25.0 Å². The summed E-state index contributed by atoms with van der Waals surface area (Å²) in [6.45, 7) is -0.0240. The molecule has 1 fully saturated rings. The van der Waals surface area contributed by atoms with Crippen LogP contribution in [0.1, 0.15) is 24.3 Å². The molecule has 21 heavy (non-hydrogen) atoms. The Kier molecular flexibility index (Phi) is 4.70. The van der Waals surface area contributed by atoms with Gasteiger partial charge in [-0.15, -0.1) is 0 Å². The number of hydrogen-bond acceptors (Lipinski definition) is 4. The lowest BCUT2D eigenvalue weighted by Crippen LogP contribution is -2.38. The highest BCUT2D eigenvalue weighted by molar-refractivity contribution is 6.06. The molecule has 0 saturated carbocycles. The van der Waals surface area contributed by atoms with E-state index in [9.17, 15) is 14.4 Å². The highest BCUT2D eigenvalue weighted by Crippen LogP contribution is 2.29. The number of carbonyl (C=O) groups excluding carboxylic acids is 2. The van der Waals surface area contributed by atoms with Crippen LogP contribution in [0.15, 0.2) is 30.3 Å². The van der Waals surface area contributed by atoms with E-state index in [1.807, 2.05) is 30.3 Å². The number of carbonyl (C=O) groups is 3. The highest BCUT2D eigenvalue weighted by atomic mass is 16.5. The van der Waals surface area contributed by atoms with E-state index in [0.29, 0.717) is 0 Å². The van der Waals surface area contributed by atoms with Gasteiger partial charge in [0.1, 0.15) is 0 Å². The molecule has 0 bridgehead atoms. The van der Waals surface area contributed by atoms with Crippen molar-refractivity contribution in [3.8, 4) is 0 Å². The van der Waals surface area contributed by atoms with Crippen molar-refractivity contribution in [2.75, 3.05) is 13.7 Å². The number of amides is 2. The monoisotopic (exact) mass is 291 g/mol. The van der Waals surface area contributed by atoms with Gasteiger partial charge in [-0.05, 0) is 5.56 Å². The molecular formula is C15H17NO5. The summed E-state index contributed by atoms with van der Waals surface area (Å²) in [6, 6.07) is 9.10. The Morgan fingerprint density at radius 3 is 2.62 bits per heavy atom. The molecule has 112 valence electrons. The first kappa shape index (κ1) is 15.2. The third kappa shape index (κ3) is 3.46. The second-order valence-corrected chi connectivity index (χ2v) is 4.97. The van der Waals surface area contributed by atoms with Gasteiger partial charge in [0.25, 0.3) is 0 Å². The SMILES string of the molecule is COC(CC(=O)O)CN1C(=O)CC(c2ccccc2)C1=O. The Hall–Kier alpha value is -2.21. The summed E-state index contributed by atoms with van der Waals surface area (Å²) >= 11 is 0. The molecule has 2 rings (SSSR count). The van der Waals surface area contributed by atoms with Crippen molar-refractivity contribution in [2.45, 2.75) is 24.9 Å². The molecular weight excluding hydrogens is 274 g/mol. The molecule has 1 aliphatic heterocycles. The van der Waals surface area contributed by atoms with Gasteiger partial charge >= 0.3 is 5.97 Å². The maximum atomic E-state index is 12.4. The molecule has 1 heterocycles. The van der Waals surface area contributed by atoms with Crippen LogP contribution in [0, 0.1) is 0 Å². The molecule has 1 N–H and O–H groups in total. The van der Waals surface area contributed by atoms with Gasteiger partial charge in [0.15, 0.2) is 0 Å². The number of carboxylic acids is 1. The number of carboxylic acid groups (broad SMARTS) is 1. The Balaban J connectivity index is 2.10.